The summed E-state index contributed by atoms with van der Waals surface area (Å²) in [6.45, 7) is 5.13. The van der Waals surface area contributed by atoms with Crippen molar-refractivity contribution in [2.24, 2.45) is 0 Å². The number of nitrogens with zero attached hydrogens (tertiary/aromatic N) is 2. The fourth-order valence-corrected chi connectivity index (χ4v) is 2.24. The van der Waals surface area contributed by atoms with E-state index in [1.54, 1.807) is 0 Å². The first kappa shape index (κ1) is 10.5. The molecule has 1 aliphatic rings. The molecule has 1 aliphatic heterocycles. The second-order valence-corrected chi connectivity index (χ2v) is 4.66. The molecule has 0 bridgehead atoms. The highest BCUT2D eigenvalue weighted by molar-refractivity contribution is 5.25. The second-order valence-electron chi connectivity index (χ2n) is 4.66. The fourth-order valence-electron chi connectivity index (χ4n) is 2.24. The van der Waals surface area contributed by atoms with E-state index in [2.05, 4.69) is 28.7 Å². The van der Waals surface area contributed by atoms with Crippen LogP contribution in [-0.2, 0) is 4.74 Å². The number of imidazole rings is 1. The Kier molecular flexibility index (Phi) is 2.69. The molecule has 0 radical (unpaired) electrons. The fraction of sp³-hybridized carbons (Fsp3) is 0.727. The number of nitrogens with one attached hydrogen (secondary N) is 1. The van der Waals surface area contributed by atoms with E-state index in [1.165, 1.54) is 0 Å². The molecule has 0 aliphatic carbocycles. The molecule has 15 heavy (non-hydrogen) atoms. The lowest BCUT2D eigenvalue weighted by Gasteiger charge is -2.36. The van der Waals surface area contributed by atoms with Gasteiger partial charge in [0.2, 0.25) is 5.95 Å². The van der Waals surface area contributed by atoms with Crippen LogP contribution in [0.4, 0.5) is 5.95 Å². The zero-order chi connectivity index (χ0) is 10.9. The predicted octanol–water partition coefficient (Wildman–Crippen LogP) is 2.05. The van der Waals surface area contributed by atoms with Gasteiger partial charge in [0.05, 0.1) is 5.60 Å². The number of hydrogen-bond acceptors (Lipinski definition) is 3. The number of aromatic nitrogens is 2. The Labute approximate surface area is 90.6 Å². The molecular weight excluding hydrogens is 190 g/mol. The van der Waals surface area contributed by atoms with Crippen LogP contribution in [0, 0.1) is 0 Å². The zero-order valence-corrected chi connectivity index (χ0v) is 9.66. The maximum Gasteiger partial charge on any atom is 0.202 e. The molecule has 2 rings (SSSR count). The second kappa shape index (κ2) is 3.85. The minimum atomic E-state index is -0.0157. The molecule has 1 fully saturated rings. The molecule has 4 nitrogen and oxygen atoms in total. The summed E-state index contributed by atoms with van der Waals surface area (Å²) in [5, 5.41) is 3.11. The van der Waals surface area contributed by atoms with Crippen LogP contribution in [0.15, 0.2) is 12.4 Å². The Bertz CT molecular complexity index is 332. The molecule has 1 atom stereocenters. The summed E-state index contributed by atoms with van der Waals surface area (Å²) >= 11 is 0. The Hall–Kier alpha value is -1.03. The van der Waals surface area contributed by atoms with Crippen molar-refractivity contribution in [2.75, 3.05) is 19.0 Å². The molecule has 0 saturated carbocycles. The summed E-state index contributed by atoms with van der Waals surface area (Å²) in [5.74, 6) is 0.942. The topological polar surface area (TPSA) is 39.1 Å². The Morgan fingerprint density at radius 2 is 2.40 bits per heavy atom. The van der Waals surface area contributed by atoms with Crippen molar-refractivity contribution < 1.29 is 4.74 Å². The summed E-state index contributed by atoms with van der Waals surface area (Å²) in [6.07, 6.45) is 5.98. The Balaban J connectivity index is 2.17. The first-order chi connectivity index (χ1) is 7.12. The molecule has 2 heterocycles. The van der Waals surface area contributed by atoms with Gasteiger partial charge in [-0.2, -0.15) is 0 Å². The van der Waals surface area contributed by atoms with Crippen LogP contribution in [-0.4, -0.2) is 28.8 Å². The molecule has 1 unspecified atom stereocenters. The number of anilines is 1. The van der Waals surface area contributed by atoms with Gasteiger partial charge in [0, 0.05) is 32.1 Å². The van der Waals surface area contributed by atoms with Crippen molar-refractivity contribution >= 4 is 5.95 Å². The average molecular weight is 209 g/mol. The highest BCUT2D eigenvalue weighted by atomic mass is 16.5. The summed E-state index contributed by atoms with van der Waals surface area (Å²) in [4.78, 5) is 4.27. The van der Waals surface area contributed by atoms with Crippen LogP contribution in [0.1, 0.15) is 32.7 Å². The van der Waals surface area contributed by atoms with Crippen molar-refractivity contribution in [3.63, 3.8) is 0 Å². The lowest BCUT2D eigenvalue weighted by molar-refractivity contribution is -0.0688. The van der Waals surface area contributed by atoms with E-state index < -0.39 is 0 Å². The third kappa shape index (κ3) is 2.15. The summed E-state index contributed by atoms with van der Waals surface area (Å²) in [7, 11) is 1.91. The molecule has 1 aromatic rings. The smallest absolute Gasteiger partial charge is 0.202 e. The van der Waals surface area contributed by atoms with Gasteiger partial charge in [0.15, 0.2) is 0 Å². The molecule has 1 saturated heterocycles. The molecule has 84 valence electrons. The van der Waals surface area contributed by atoms with Crippen LogP contribution >= 0.6 is 0 Å². The van der Waals surface area contributed by atoms with Crippen LogP contribution < -0.4 is 5.32 Å². The largest absolute Gasteiger partial charge is 0.375 e. The van der Waals surface area contributed by atoms with E-state index in [0.717, 1.165) is 25.4 Å². The van der Waals surface area contributed by atoms with Crippen molar-refractivity contribution in [3.8, 4) is 0 Å². The molecule has 4 heteroatoms. The highest BCUT2D eigenvalue weighted by Crippen LogP contribution is 2.33. The number of hydrogen-bond donors (Lipinski definition) is 1. The van der Waals surface area contributed by atoms with E-state index in [-0.39, 0.29) is 5.60 Å². The van der Waals surface area contributed by atoms with E-state index >= 15 is 0 Å². The van der Waals surface area contributed by atoms with Crippen LogP contribution in [0.2, 0.25) is 0 Å². The van der Waals surface area contributed by atoms with Crippen LogP contribution in [0.25, 0.3) is 0 Å². The average Bonchev–Trinajstić information content (AvgIpc) is 2.63. The highest BCUT2D eigenvalue weighted by Gasteiger charge is 2.30. The van der Waals surface area contributed by atoms with Crippen LogP contribution in [0.3, 0.4) is 0 Å². The third-order valence-electron chi connectivity index (χ3n) is 2.96. The van der Waals surface area contributed by atoms with Gasteiger partial charge in [-0.1, -0.05) is 0 Å². The Morgan fingerprint density at radius 3 is 3.07 bits per heavy atom. The molecule has 0 spiro atoms. The van der Waals surface area contributed by atoms with Gasteiger partial charge in [0.1, 0.15) is 0 Å². The number of rotatable bonds is 2. The SMILES string of the molecule is CNc1nccn1C1CCOC(C)(C)C1. The van der Waals surface area contributed by atoms with Gasteiger partial charge in [-0.25, -0.2) is 4.98 Å². The van der Waals surface area contributed by atoms with Gasteiger partial charge in [-0.15, -0.1) is 0 Å². The maximum atomic E-state index is 5.71. The minimum absolute atomic E-state index is 0.0157. The van der Waals surface area contributed by atoms with Crippen molar-refractivity contribution in [2.45, 2.75) is 38.3 Å². The first-order valence-electron chi connectivity index (χ1n) is 5.47. The minimum Gasteiger partial charge on any atom is -0.375 e. The lowest BCUT2D eigenvalue weighted by atomic mass is 9.94. The predicted molar refractivity (Wildman–Crippen MR) is 60.1 cm³/mol. The zero-order valence-electron chi connectivity index (χ0n) is 9.66. The molecular formula is C11H19N3O. The first-order valence-corrected chi connectivity index (χ1v) is 5.47. The molecule has 0 amide bonds. The summed E-state index contributed by atoms with van der Waals surface area (Å²) < 4.78 is 7.93. The van der Waals surface area contributed by atoms with Gasteiger partial charge in [-0.3, -0.25) is 0 Å². The van der Waals surface area contributed by atoms with Gasteiger partial charge >= 0.3 is 0 Å². The normalized spacial score (nSPS) is 25.1. The number of ether oxygens (including phenoxy) is 1. The Morgan fingerprint density at radius 1 is 1.60 bits per heavy atom. The quantitative estimate of drug-likeness (QED) is 0.810. The monoisotopic (exact) mass is 209 g/mol. The van der Waals surface area contributed by atoms with Crippen molar-refractivity contribution in [3.05, 3.63) is 12.4 Å². The molecule has 0 aromatic carbocycles. The maximum absolute atomic E-state index is 5.71. The summed E-state index contributed by atoms with van der Waals surface area (Å²) in [6, 6.07) is 0.499. The summed E-state index contributed by atoms with van der Waals surface area (Å²) in [5.41, 5.74) is -0.0157. The van der Waals surface area contributed by atoms with Crippen molar-refractivity contribution in [1.29, 1.82) is 0 Å². The van der Waals surface area contributed by atoms with Crippen molar-refractivity contribution in [1.82, 2.24) is 9.55 Å². The van der Waals surface area contributed by atoms with Gasteiger partial charge in [-0.05, 0) is 26.7 Å². The molecule has 1 N–H and O–H groups in total. The van der Waals surface area contributed by atoms with E-state index in [1.807, 2.05) is 19.4 Å². The third-order valence-corrected chi connectivity index (χ3v) is 2.96. The van der Waals surface area contributed by atoms with E-state index in [0.29, 0.717) is 6.04 Å². The lowest BCUT2D eigenvalue weighted by Crippen LogP contribution is -2.35. The van der Waals surface area contributed by atoms with Gasteiger partial charge in [0.25, 0.3) is 0 Å². The molecule has 1 aromatic heterocycles. The van der Waals surface area contributed by atoms with Crippen LogP contribution in [0.5, 0.6) is 0 Å². The van der Waals surface area contributed by atoms with Gasteiger partial charge < -0.3 is 14.6 Å². The standard InChI is InChI=1S/C11H19N3O/c1-11(2)8-9(4-7-15-11)14-6-5-13-10(14)12-3/h5-6,9H,4,7-8H2,1-3H3,(H,12,13). The van der Waals surface area contributed by atoms with E-state index in [9.17, 15) is 0 Å². The van der Waals surface area contributed by atoms with E-state index in [4.69, 9.17) is 4.74 Å².